The van der Waals surface area contributed by atoms with E-state index in [1.165, 1.54) is 38.5 Å². The number of ether oxygens (including phenoxy) is 1. The van der Waals surface area contributed by atoms with Crippen LogP contribution in [0.25, 0.3) is 0 Å². The Morgan fingerprint density at radius 1 is 1.25 bits per heavy atom. The summed E-state index contributed by atoms with van der Waals surface area (Å²) in [5.41, 5.74) is 6.35. The van der Waals surface area contributed by atoms with Gasteiger partial charge < -0.3 is 15.8 Å². The second-order valence-electron chi connectivity index (χ2n) is 5.62. The van der Waals surface area contributed by atoms with Crippen LogP contribution < -0.4 is 11.1 Å². The van der Waals surface area contributed by atoms with Crippen molar-refractivity contribution in [1.82, 2.24) is 5.32 Å². The molecular weight excluding hydrogens is 200 g/mol. The average Bonchev–Trinajstić information content (AvgIpc) is 2.99. The lowest BCUT2D eigenvalue weighted by atomic mass is 9.99. The first-order chi connectivity index (χ1) is 7.79. The summed E-state index contributed by atoms with van der Waals surface area (Å²) in [7, 11) is 0. The summed E-state index contributed by atoms with van der Waals surface area (Å²) in [6.07, 6.45) is 8.88. The minimum Gasteiger partial charge on any atom is -0.381 e. The lowest BCUT2D eigenvalue weighted by Gasteiger charge is -2.23. The minimum absolute atomic E-state index is 0.0921. The summed E-state index contributed by atoms with van der Waals surface area (Å²) in [5, 5.41) is 3.47. The van der Waals surface area contributed by atoms with Gasteiger partial charge in [0.2, 0.25) is 0 Å². The molecule has 2 aliphatic rings. The Morgan fingerprint density at radius 2 is 2.00 bits per heavy atom. The van der Waals surface area contributed by atoms with E-state index in [1.807, 2.05) is 0 Å². The molecule has 0 radical (unpaired) electrons. The molecule has 16 heavy (non-hydrogen) atoms. The smallest absolute Gasteiger partial charge is 0.0494 e. The summed E-state index contributed by atoms with van der Waals surface area (Å²) in [6.45, 7) is 3.92. The van der Waals surface area contributed by atoms with Gasteiger partial charge in [-0.1, -0.05) is 12.8 Å². The molecule has 0 bridgehead atoms. The van der Waals surface area contributed by atoms with Crippen LogP contribution in [0.4, 0.5) is 0 Å². The van der Waals surface area contributed by atoms with Gasteiger partial charge in [-0.15, -0.1) is 0 Å². The molecule has 0 aliphatic heterocycles. The maximum Gasteiger partial charge on any atom is 0.0494 e. The Labute approximate surface area is 99.1 Å². The molecule has 0 atom stereocenters. The Kier molecular flexibility index (Phi) is 4.62. The number of rotatable bonds is 8. The van der Waals surface area contributed by atoms with Crippen molar-refractivity contribution in [1.29, 1.82) is 0 Å². The van der Waals surface area contributed by atoms with E-state index < -0.39 is 0 Å². The fraction of sp³-hybridized carbons (Fsp3) is 1.00. The summed E-state index contributed by atoms with van der Waals surface area (Å²) in [5.74, 6) is 0.888. The van der Waals surface area contributed by atoms with Gasteiger partial charge in [-0.3, -0.25) is 0 Å². The average molecular weight is 226 g/mol. The molecule has 0 aromatic carbocycles. The van der Waals surface area contributed by atoms with Crippen LogP contribution in [0.2, 0.25) is 0 Å². The molecule has 0 saturated heterocycles. The van der Waals surface area contributed by atoms with E-state index >= 15 is 0 Å². The van der Waals surface area contributed by atoms with E-state index in [2.05, 4.69) is 5.32 Å². The van der Waals surface area contributed by atoms with E-state index in [-0.39, 0.29) is 5.54 Å². The van der Waals surface area contributed by atoms with Crippen molar-refractivity contribution < 1.29 is 4.74 Å². The van der Waals surface area contributed by atoms with Gasteiger partial charge >= 0.3 is 0 Å². The first-order valence-corrected chi connectivity index (χ1v) is 6.86. The van der Waals surface area contributed by atoms with E-state index in [9.17, 15) is 0 Å². The van der Waals surface area contributed by atoms with Crippen molar-refractivity contribution in [3.8, 4) is 0 Å². The second-order valence-corrected chi connectivity index (χ2v) is 5.62. The molecule has 2 saturated carbocycles. The molecule has 3 nitrogen and oxygen atoms in total. The third kappa shape index (κ3) is 4.40. The van der Waals surface area contributed by atoms with Gasteiger partial charge in [0.05, 0.1) is 0 Å². The molecule has 0 spiro atoms. The maximum atomic E-state index is 6.25. The maximum absolute atomic E-state index is 6.25. The van der Waals surface area contributed by atoms with Gasteiger partial charge in [0.15, 0.2) is 0 Å². The fourth-order valence-corrected chi connectivity index (χ4v) is 2.43. The number of hydrogen-bond acceptors (Lipinski definition) is 3. The Hall–Kier alpha value is -0.120. The molecule has 2 rings (SSSR count). The molecule has 3 N–H and O–H groups in total. The number of hydrogen-bond donors (Lipinski definition) is 2. The number of nitrogens with two attached hydrogens (primary N) is 1. The molecule has 94 valence electrons. The zero-order valence-electron chi connectivity index (χ0n) is 10.3. The van der Waals surface area contributed by atoms with Crippen molar-refractivity contribution >= 4 is 0 Å². The predicted molar refractivity (Wildman–Crippen MR) is 66.4 cm³/mol. The van der Waals surface area contributed by atoms with Crippen LogP contribution in [-0.4, -0.2) is 31.8 Å². The van der Waals surface area contributed by atoms with Crippen molar-refractivity contribution in [2.24, 2.45) is 11.7 Å². The summed E-state index contributed by atoms with van der Waals surface area (Å²) in [6, 6.07) is 0. The monoisotopic (exact) mass is 226 g/mol. The van der Waals surface area contributed by atoms with Crippen molar-refractivity contribution in [2.45, 2.75) is 50.5 Å². The lowest BCUT2D eigenvalue weighted by molar-refractivity contribution is 0.121. The van der Waals surface area contributed by atoms with Gasteiger partial charge in [-0.05, 0) is 44.6 Å². The molecular formula is C13H26N2O. The van der Waals surface area contributed by atoms with Crippen LogP contribution in [0.5, 0.6) is 0 Å². The van der Waals surface area contributed by atoms with Crippen LogP contribution in [0.1, 0.15) is 44.9 Å². The summed E-state index contributed by atoms with van der Waals surface area (Å²) in [4.78, 5) is 0. The first-order valence-electron chi connectivity index (χ1n) is 6.86. The van der Waals surface area contributed by atoms with Crippen LogP contribution in [0, 0.1) is 5.92 Å². The van der Waals surface area contributed by atoms with E-state index in [4.69, 9.17) is 10.5 Å². The fourth-order valence-electron chi connectivity index (χ4n) is 2.43. The van der Waals surface area contributed by atoms with Crippen LogP contribution >= 0.6 is 0 Å². The van der Waals surface area contributed by atoms with Crippen LogP contribution in [-0.2, 0) is 4.74 Å². The molecule has 3 heteroatoms. The normalized spacial score (nSPS) is 23.8. The molecule has 2 fully saturated rings. The highest BCUT2D eigenvalue weighted by Gasteiger charge is 2.28. The Bertz CT molecular complexity index is 198. The zero-order chi connectivity index (χ0) is 11.3. The largest absolute Gasteiger partial charge is 0.381 e. The highest BCUT2D eigenvalue weighted by atomic mass is 16.5. The van der Waals surface area contributed by atoms with Gasteiger partial charge in [-0.25, -0.2) is 0 Å². The summed E-state index contributed by atoms with van der Waals surface area (Å²) < 4.78 is 5.58. The van der Waals surface area contributed by atoms with E-state index in [0.717, 1.165) is 38.6 Å². The standard InChI is InChI=1S/C13H26N2O/c14-13(6-1-2-7-13)11-15-8-3-9-16-10-12-4-5-12/h12,15H,1-11,14H2. The first kappa shape index (κ1) is 12.3. The Morgan fingerprint density at radius 3 is 2.69 bits per heavy atom. The molecule has 0 aromatic heterocycles. The van der Waals surface area contributed by atoms with Crippen molar-refractivity contribution in [3.05, 3.63) is 0 Å². The highest BCUT2D eigenvalue weighted by Crippen LogP contribution is 2.28. The summed E-state index contributed by atoms with van der Waals surface area (Å²) >= 11 is 0. The van der Waals surface area contributed by atoms with Gasteiger partial charge in [0.1, 0.15) is 0 Å². The SMILES string of the molecule is NC1(CNCCCOCC2CC2)CCCC1. The highest BCUT2D eigenvalue weighted by molar-refractivity contribution is 4.90. The van der Waals surface area contributed by atoms with Crippen LogP contribution in [0.3, 0.4) is 0 Å². The molecule has 0 amide bonds. The second kappa shape index (κ2) is 5.99. The van der Waals surface area contributed by atoms with Gasteiger partial charge in [0, 0.05) is 25.3 Å². The van der Waals surface area contributed by atoms with E-state index in [0.29, 0.717) is 0 Å². The van der Waals surface area contributed by atoms with Crippen LogP contribution in [0.15, 0.2) is 0 Å². The zero-order valence-corrected chi connectivity index (χ0v) is 10.3. The quantitative estimate of drug-likeness (QED) is 0.619. The third-order valence-electron chi connectivity index (χ3n) is 3.77. The van der Waals surface area contributed by atoms with Gasteiger partial charge in [0.25, 0.3) is 0 Å². The topological polar surface area (TPSA) is 47.3 Å². The lowest BCUT2D eigenvalue weighted by Crippen LogP contribution is -2.46. The Balaban J connectivity index is 1.39. The molecule has 0 unspecified atom stereocenters. The molecule has 0 aromatic rings. The predicted octanol–water partition coefficient (Wildman–Crippen LogP) is 1.66. The van der Waals surface area contributed by atoms with Crippen molar-refractivity contribution in [3.63, 3.8) is 0 Å². The molecule has 2 aliphatic carbocycles. The van der Waals surface area contributed by atoms with Gasteiger partial charge in [-0.2, -0.15) is 0 Å². The minimum atomic E-state index is 0.0921. The number of nitrogens with one attached hydrogen (secondary N) is 1. The molecule has 0 heterocycles. The van der Waals surface area contributed by atoms with E-state index in [1.54, 1.807) is 0 Å². The van der Waals surface area contributed by atoms with Crippen molar-refractivity contribution in [2.75, 3.05) is 26.3 Å². The third-order valence-corrected chi connectivity index (χ3v) is 3.77.